The molecule has 2 aromatic carbocycles. The van der Waals surface area contributed by atoms with Crippen LogP contribution >= 0.6 is 0 Å². The van der Waals surface area contributed by atoms with Crippen LogP contribution < -0.4 is 15.5 Å². The Balaban J connectivity index is 1.69. The number of hydrogen-bond donors (Lipinski definition) is 2. The van der Waals surface area contributed by atoms with Gasteiger partial charge in [-0.1, -0.05) is 48.3 Å². The first-order chi connectivity index (χ1) is 17.8. The van der Waals surface area contributed by atoms with Crippen LogP contribution in [0.4, 0.5) is 15.9 Å². The largest absolute Gasteiger partial charge is 0.360 e. The van der Waals surface area contributed by atoms with Gasteiger partial charge in [0.05, 0.1) is 0 Å². The number of anilines is 2. The second kappa shape index (κ2) is 11.6. The van der Waals surface area contributed by atoms with Gasteiger partial charge in [-0.15, -0.1) is 0 Å². The van der Waals surface area contributed by atoms with Gasteiger partial charge in [0.1, 0.15) is 17.6 Å². The van der Waals surface area contributed by atoms with E-state index in [1.165, 1.54) is 29.2 Å². The molecule has 1 fully saturated rings. The van der Waals surface area contributed by atoms with E-state index in [1.54, 1.807) is 25.1 Å². The molecule has 192 valence electrons. The van der Waals surface area contributed by atoms with Crippen molar-refractivity contribution in [3.05, 3.63) is 89.5 Å². The molecule has 1 heterocycles. The lowest BCUT2D eigenvalue weighted by Crippen LogP contribution is -2.46. The lowest BCUT2D eigenvalue weighted by Gasteiger charge is -2.32. The van der Waals surface area contributed by atoms with Crippen molar-refractivity contribution in [1.82, 2.24) is 10.5 Å². The van der Waals surface area contributed by atoms with Gasteiger partial charge in [0, 0.05) is 29.9 Å². The molecule has 37 heavy (non-hydrogen) atoms. The van der Waals surface area contributed by atoms with Gasteiger partial charge < -0.3 is 15.2 Å². The molecule has 0 radical (unpaired) electrons. The molecule has 1 aliphatic carbocycles. The molecule has 1 aliphatic rings. The third kappa shape index (κ3) is 6.49. The van der Waals surface area contributed by atoms with Crippen LogP contribution in [0.15, 0.2) is 71.3 Å². The molecule has 0 saturated heterocycles. The van der Waals surface area contributed by atoms with Crippen molar-refractivity contribution < 1.29 is 23.3 Å². The molecule has 1 aromatic heterocycles. The number of carbonyl (C=O) groups is 3. The van der Waals surface area contributed by atoms with Crippen LogP contribution in [-0.2, 0) is 14.4 Å². The highest BCUT2D eigenvalue weighted by Gasteiger charge is 2.34. The first-order valence-corrected chi connectivity index (χ1v) is 12.2. The molecular weight excluding hydrogens is 475 g/mol. The normalized spacial score (nSPS) is 14.5. The van der Waals surface area contributed by atoms with Crippen LogP contribution in [0.3, 0.4) is 0 Å². The second-order valence-corrected chi connectivity index (χ2v) is 9.08. The van der Waals surface area contributed by atoms with Crippen molar-refractivity contribution in [1.29, 1.82) is 0 Å². The number of amides is 3. The average Bonchev–Trinajstić information content (AvgIpc) is 3.54. The minimum Gasteiger partial charge on any atom is -0.360 e. The number of aromatic nitrogens is 1. The van der Waals surface area contributed by atoms with Crippen LogP contribution in [0.5, 0.6) is 0 Å². The summed E-state index contributed by atoms with van der Waals surface area (Å²) in [6.45, 7) is 3.52. The van der Waals surface area contributed by atoms with E-state index in [9.17, 15) is 18.8 Å². The third-order valence-electron chi connectivity index (χ3n) is 6.26. The SMILES string of the molecule is Cc1cc(NC(=O)C=CC(=O)N(c2ccccc2C)C(C(=O)NC2CCCC2)c2ccc(F)cc2)no1. The van der Waals surface area contributed by atoms with Crippen molar-refractivity contribution >= 4 is 29.2 Å². The molecule has 1 unspecified atom stereocenters. The molecular formula is C28H29FN4O4. The van der Waals surface area contributed by atoms with Crippen molar-refractivity contribution in [3.63, 3.8) is 0 Å². The molecule has 8 nitrogen and oxygen atoms in total. The molecule has 3 aromatic rings. The summed E-state index contributed by atoms with van der Waals surface area (Å²) < 4.78 is 18.7. The lowest BCUT2D eigenvalue weighted by atomic mass is 10.0. The fourth-order valence-electron chi connectivity index (χ4n) is 4.45. The quantitative estimate of drug-likeness (QED) is 0.431. The number of nitrogens with zero attached hydrogens (tertiary/aromatic N) is 2. The molecule has 1 saturated carbocycles. The Bertz CT molecular complexity index is 1300. The third-order valence-corrected chi connectivity index (χ3v) is 6.26. The van der Waals surface area contributed by atoms with Crippen LogP contribution in [0, 0.1) is 19.7 Å². The van der Waals surface area contributed by atoms with Gasteiger partial charge in [0.2, 0.25) is 11.8 Å². The molecule has 0 spiro atoms. The van der Waals surface area contributed by atoms with Crippen molar-refractivity contribution in [2.24, 2.45) is 0 Å². The van der Waals surface area contributed by atoms with Gasteiger partial charge in [-0.3, -0.25) is 19.3 Å². The van der Waals surface area contributed by atoms with Crippen molar-refractivity contribution in [2.45, 2.75) is 51.6 Å². The summed E-state index contributed by atoms with van der Waals surface area (Å²) in [4.78, 5) is 41.1. The predicted octanol–water partition coefficient (Wildman–Crippen LogP) is 4.76. The summed E-state index contributed by atoms with van der Waals surface area (Å²) in [5.41, 5.74) is 1.71. The fraction of sp³-hybridized carbons (Fsp3) is 0.286. The Labute approximate surface area is 214 Å². The van der Waals surface area contributed by atoms with E-state index in [1.807, 2.05) is 19.1 Å². The monoisotopic (exact) mass is 504 g/mol. The summed E-state index contributed by atoms with van der Waals surface area (Å²) in [5, 5.41) is 9.30. The highest BCUT2D eigenvalue weighted by Crippen LogP contribution is 2.31. The Hall–Kier alpha value is -4.27. The van der Waals surface area contributed by atoms with Crippen molar-refractivity contribution in [2.75, 3.05) is 10.2 Å². The first kappa shape index (κ1) is 25.8. The lowest BCUT2D eigenvalue weighted by molar-refractivity contribution is -0.125. The average molecular weight is 505 g/mol. The Morgan fingerprint density at radius 2 is 1.76 bits per heavy atom. The van der Waals surface area contributed by atoms with Gasteiger partial charge >= 0.3 is 0 Å². The topological polar surface area (TPSA) is 105 Å². The van der Waals surface area contributed by atoms with Gasteiger partial charge in [-0.25, -0.2) is 4.39 Å². The molecule has 0 aliphatic heterocycles. The van der Waals surface area contributed by atoms with Gasteiger partial charge in [0.15, 0.2) is 5.82 Å². The maximum absolute atomic E-state index is 13.8. The fourth-order valence-corrected chi connectivity index (χ4v) is 4.45. The van der Waals surface area contributed by atoms with E-state index < -0.39 is 23.7 Å². The summed E-state index contributed by atoms with van der Waals surface area (Å²) in [6, 6.07) is 13.1. The maximum atomic E-state index is 13.8. The Morgan fingerprint density at radius 1 is 1.05 bits per heavy atom. The Kier molecular flexibility index (Phi) is 8.12. The Morgan fingerprint density at radius 3 is 2.41 bits per heavy atom. The number of para-hydroxylation sites is 1. The van der Waals surface area contributed by atoms with Gasteiger partial charge in [0.25, 0.3) is 5.91 Å². The van der Waals surface area contributed by atoms with E-state index in [2.05, 4.69) is 15.8 Å². The standard InChI is InChI=1S/C28H29FN4O4/c1-18-7-3-6-10-23(18)33(26(35)16-15-25(34)31-24-17-19(2)37-32-24)27(20-11-13-21(29)14-12-20)28(36)30-22-8-4-5-9-22/h3,6-7,10-17,22,27H,4-5,8-9H2,1-2H3,(H,30,36)(H,31,32,34). The number of nitrogens with one attached hydrogen (secondary N) is 2. The minimum atomic E-state index is -1.08. The van der Waals surface area contributed by atoms with Crippen LogP contribution in [-0.4, -0.2) is 28.9 Å². The summed E-state index contributed by atoms with van der Waals surface area (Å²) in [7, 11) is 0. The van der Waals surface area contributed by atoms with E-state index in [4.69, 9.17) is 4.52 Å². The summed E-state index contributed by atoms with van der Waals surface area (Å²) in [5.74, 6) is -1.25. The zero-order chi connectivity index (χ0) is 26.4. The zero-order valence-electron chi connectivity index (χ0n) is 20.7. The number of carbonyl (C=O) groups excluding carboxylic acids is 3. The molecule has 4 rings (SSSR count). The summed E-state index contributed by atoms with van der Waals surface area (Å²) in [6.07, 6.45) is 5.96. The van der Waals surface area contributed by atoms with E-state index in [0.717, 1.165) is 43.4 Å². The predicted molar refractivity (Wildman–Crippen MR) is 137 cm³/mol. The maximum Gasteiger partial charge on any atom is 0.252 e. The van der Waals surface area contributed by atoms with Crippen LogP contribution in [0.1, 0.15) is 48.6 Å². The van der Waals surface area contributed by atoms with Gasteiger partial charge in [-0.2, -0.15) is 0 Å². The number of aryl methyl sites for hydroxylation is 2. The molecule has 0 bridgehead atoms. The molecule has 2 N–H and O–H groups in total. The second-order valence-electron chi connectivity index (χ2n) is 9.08. The van der Waals surface area contributed by atoms with E-state index in [0.29, 0.717) is 17.0 Å². The number of hydrogen-bond acceptors (Lipinski definition) is 5. The highest BCUT2D eigenvalue weighted by molar-refractivity contribution is 6.10. The first-order valence-electron chi connectivity index (χ1n) is 12.2. The molecule has 3 amide bonds. The van der Waals surface area contributed by atoms with Crippen LogP contribution in [0.25, 0.3) is 0 Å². The van der Waals surface area contributed by atoms with Gasteiger partial charge in [-0.05, 0) is 56.0 Å². The number of benzene rings is 2. The van der Waals surface area contributed by atoms with Crippen LogP contribution in [0.2, 0.25) is 0 Å². The minimum absolute atomic E-state index is 0.0107. The van der Waals surface area contributed by atoms with Crippen molar-refractivity contribution in [3.8, 4) is 0 Å². The smallest absolute Gasteiger partial charge is 0.252 e. The molecule has 9 heteroatoms. The zero-order valence-corrected chi connectivity index (χ0v) is 20.7. The molecule has 1 atom stereocenters. The highest BCUT2D eigenvalue weighted by atomic mass is 19.1. The van der Waals surface area contributed by atoms with E-state index in [-0.39, 0.29) is 17.8 Å². The number of halogens is 1. The van der Waals surface area contributed by atoms with E-state index >= 15 is 0 Å². The number of rotatable bonds is 8. The summed E-state index contributed by atoms with van der Waals surface area (Å²) >= 11 is 0.